The Labute approximate surface area is 86.5 Å². The number of rotatable bonds is 5. The second-order valence-electron chi connectivity index (χ2n) is 3.66. The Hall–Kier alpha value is 0.270. The van der Waals surface area contributed by atoms with Crippen LogP contribution in [0.1, 0.15) is 19.8 Å². The largest absolute Gasteiger partial charge is 0.320 e. The van der Waals surface area contributed by atoms with Crippen LogP contribution in [0.5, 0.6) is 0 Å². The van der Waals surface area contributed by atoms with Gasteiger partial charge >= 0.3 is 0 Å². The van der Waals surface area contributed by atoms with E-state index in [0.29, 0.717) is 0 Å². The van der Waals surface area contributed by atoms with Gasteiger partial charge in [0.05, 0.1) is 0 Å². The Morgan fingerprint density at radius 3 is 3.08 bits per heavy atom. The molecular weight excluding hydrogens is 180 g/mol. The van der Waals surface area contributed by atoms with E-state index >= 15 is 0 Å². The summed E-state index contributed by atoms with van der Waals surface area (Å²) in [5, 5.41) is 4.09. The normalized spacial score (nSPS) is 24.9. The van der Waals surface area contributed by atoms with E-state index in [0.717, 1.165) is 11.8 Å². The summed E-state index contributed by atoms with van der Waals surface area (Å²) in [5.41, 5.74) is 0. The quantitative estimate of drug-likeness (QED) is 0.679. The summed E-state index contributed by atoms with van der Waals surface area (Å²) in [6.07, 6.45) is 2.62. The van der Waals surface area contributed by atoms with E-state index in [2.05, 4.69) is 28.9 Å². The van der Waals surface area contributed by atoms with Crippen LogP contribution < -0.4 is 5.32 Å². The fourth-order valence-corrected chi connectivity index (χ4v) is 2.96. The molecule has 0 spiro atoms. The third-order valence-corrected chi connectivity index (χ3v) is 3.95. The highest BCUT2D eigenvalue weighted by Crippen LogP contribution is 2.20. The van der Waals surface area contributed by atoms with Gasteiger partial charge < -0.3 is 10.2 Å². The highest BCUT2D eigenvalue weighted by molar-refractivity contribution is 8.00. The van der Waals surface area contributed by atoms with Crippen molar-refractivity contribution in [3.63, 3.8) is 0 Å². The van der Waals surface area contributed by atoms with E-state index in [1.165, 1.54) is 38.2 Å². The number of hydrogen-bond donors (Lipinski definition) is 1. The van der Waals surface area contributed by atoms with Crippen molar-refractivity contribution < 1.29 is 0 Å². The molecule has 1 fully saturated rings. The molecule has 0 aliphatic carbocycles. The molecule has 3 heteroatoms. The number of nitrogens with zero attached hydrogens (tertiary/aromatic N) is 1. The van der Waals surface area contributed by atoms with E-state index < -0.39 is 0 Å². The average molecular weight is 202 g/mol. The molecule has 0 aromatic carbocycles. The molecule has 0 amide bonds. The van der Waals surface area contributed by atoms with Crippen molar-refractivity contribution in [2.24, 2.45) is 0 Å². The molecule has 1 unspecified atom stereocenters. The summed E-state index contributed by atoms with van der Waals surface area (Å²) < 4.78 is 0. The van der Waals surface area contributed by atoms with E-state index in [4.69, 9.17) is 0 Å². The van der Waals surface area contributed by atoms with Gasteiger partial charge in [-0.1, -0.05) is 6.92 Å². The minimum Gasteiger partial charge on any atom is -0.320 e. The molecule has 0 bridgehead atoms. The van der Waals surface area contributed by atoms with Gasteiger partial charge in [-0.15, -0.1) is 0 Å². The highest BCUT2D eigenvalue weighted by atomic mass is 32.2. The Balaban J connectivity index is 2.11. The van der Waals surface area contributed by atoms with Crippen molar-refractivity contribution >= 4 is 11.8 Å². The first kappa shape index (κ1) is 11.3. The standard InChI is InChI=1S/C10H22N2S/c1-3-10-9-12(7-8-13-10)6-4-5-11-2/h10-11H,3-9H2,1-2H3. The van der Waals surface area contributed by atoms with Crippen LogP contribution in [0.25, 0.3) is 0 Å². The molecule has 0 radical (unpaired) electrons. The summed E-state index contributed by atoms with van der Waals surface area (Å²) in [6.45, 7) is 7.34. The lowest BCUT2D eigenvalue weighted by Gasteiger charge is -2.31. The van der Waals surface area contributed by atoms with Gasteiger partial charge in [0.2, 0.25) is 0 Å². The SMILES string of the molecule is CCC1CN(CCCNC)CCS1. The van der Waals surface area contributed by atoms with Crippen LogP contribution in [0, 0.1) is 0 Å². The zero-order valence-corrected chi connectivity index (χ0v) is 9.70. The number of nitrogens with one attached hydrogen (secondary N) is 1. The molecule has 0 saturated carbocycles. The molecule has 78 valence electrons. The molecule has 1 aliphatic rings. The van der Waals surface area contributed by atoms with Crippen molar-refractivity contribution in [3.8, 4) is 0 Å². The molecular formula is C10H22N2S. The molecule has 1 saturated heterocycles. The van der Waals surface area contributed by atoms with Crippen molar-refractivity contribution in [2.75, 3.05) is 39.0 Å². The smallest absolute Gasteiger partial charge is 0.0172 e. The Morgan fingerprint density at radius 2 is 2.38 bits per heavy atom. The zero-order chi connectivity index (χ0) is 9.52. The second-order valence-corrected chi connectivity index (χ2v) is 5.07. The first-order chi connectivity index (χ1) is 6.36. The summed E-state index contributed by atoms with van der Waals surface area (Å²) in [6, 6.07) is 0. The number of thioether (sulfide) groups is 1. The molecule has 0 aromatic rings. The van der Waals surface area contributed by atoms with Crippen LogP contribution in [0.3, 0.4) is 0 Å². The Morgan fingerprint density at radius 1 is 1.54 bits per heavy atom. The predicted octanol–water partition coefficient (Wildman–Crippen LogP) is 1.42. The van der Waals surface area contributed by atoms with Crippen molar-refractivity contribution in [3.05, 3.63) is 0 Å². The Kier molecular flexibility index (Phi) is 5.83. The van der Waals surface area contributed by atoms with Gasteiger partial charge in [0, 0.05) is 24.1 Å². The van der Waals surface area contributed by atoms with Crippen LogP contribution in [0.2, 0.25) is 0 Å². The second kappa shape index (κ2) is 6.68. The van der Waals surface area contributed by atoms with Gasteiger partial charge in [-0.05, 0) is 33.0 Å². The van der Waals surface area contributed by atoms with Gasteiger partial charge in [0.25, 0.3) is 0 Å². The van der Waals surface area contributed by atoms with Gasteiger partial charge in [-0.3, -0.25) is 0 Å². The molecule has 1 atom stereocenters. The topological polar surface area (TPSA) is 15.3 Å². The zero-order valence-electron chi connectivity index (χ0n) is 8.88. The maximum atomic E-state index is 3.20. The third kappa shape index (κ3) is 4.34. The van der Waals surface area contributed by atoms with Crippen molar-refractivity contribution in [1.82, 2.24) is 10.2 Å². The van der Waals surface area contributed by atoms with E-state index in [1.54, 1.807) is 0 Å². The molecule has 1 heterocycles. The summed E-state index contributed by atoms with van der Waals surface area (Å²) in [7, 11) is 2.03. The van der Waals surface area contributed by atoms with E-state index in [-0.39, 0.29) is 0 Å². The average Bonchev–Trinajstić information content (AvgIpc) is 2.19. The lowest BCUT2D eigenvalue weighted by Crippen LogP contribution is -2.38. The molecule has 1 rings (SSSR count). The molecule has 0 aromatic heterocycles. The van der Waals surface area contributed by atoms with Gasteiger partial charge in [-0.2, -0.15) is 11.8 Å². The van der Waals surface area contributed by atoms with Crippen molar-refractivity contribution in [2.45, 2.75) is 25.0 Å². The monoisotopic (exact) mass is 202 g/mol. The van der Waals surface area contributed by atoms with Crippen LogP contribution in [0.4, 0.5) is 0 Å². The Bertz CT molecular complexity index is 130. The lowest BCUT2D eigenvalue weighted by atomic mass is 10.3. The van der Waals surface area contributed by atoms with Gasteiger partial charge in [-0.25, -0.2) is 0 Å². The van der Waals surface area contributed by atoms with Gasteiger partial charge in [0.1, 0.15) is 0 Å². The first-order valence-corrected chi connectivity index (χ1v) is 6.40. The predicted molar refractivity (Wildman–Crippen MR) is 61.5 cm³/mol. The van der Waals surface area contributed by atoms with Gasteiger partial charge in [0.15, 0.2) is 0 Å². The summed E-state index contributed by atoms with van der Waals surface area (Å²) in [5.74, 6) is 1.33. The first-order valence-electron chi connectivity index (χ1n) is 5.35. The fraction of sp³-hybridized carbons (Fsp3) is 1.00. The van der Waals surface area contributed by atoms with Crippen LogP contribution >= 0.6 is 11.8 Å². The van der Waals surface area contributed by atoms with Crippen LogP contribution in [-0.4, -0.2) is 49.1 Å². The van der Waals surface area contributed by atoms with Crippen LogP contribution in [-0.2, 0) is 0 Å². The molecule has 2 nitrogen and oxygen atoms in total. The summed E-state index contributed by atoms with van der Waals surface area (Å²) >= 11 is 2.15. The lowest BCUT2D eigenvalue weighted by molar-refractivity contribution is 0.277. The molecule has 1 N–H and O–H groups in total. The molecule has 1 aliphatic heterocycles. The summed E-state index contributed by atoms with van der Waals surface area (Å²) in [4.78, 5) is 2.61. The third-order valence-electron chi connectivity index (χ3n) is 2.58. The minimum absolute atomic E-state index is 0.892. The maximum Gasteiger partial charge on any atom is 0.0172 e. The highest BCUT2D eigenvalue weighted by Gasteiger charge is 2.17. The van der Waals surface area contributed by atoms with Crippen molar-refractivity contribution in [1.29, 1.82) is 0 Å². The number of hydrogen-bond acceptors (Lipinski definition) is 3. The van der Waals surface area contributed by atoms with E-state index in [1.807, 2.05) is 7.05 Å². The van der Waals surface area contributed by atoms with E-state index in [9.17, 15) is 0 Å². The molecule has 13 heavy (non-hydrogen) atoms. The van der Waals surface area contributed by atoms with Crippen LogP contribution in [0.15, 0.2) is 0 Å². The fourth-order valence-electron chi connectivity index (χ4n) is 1.71. The maximum absolute atomic E-state index is 3.20. The minimum atomic E-state index is 0.892.